The summed E-state index contributed by atoms with van der Waals surface area (Å²) in [5.74, 6) is 0.634. The topological polar surface area (TPSA) is 61.5 Å². The number of hydrogen-bond donors (Lipinski definition) is 0. The van der Waals surface area contributed by atoms with Crippen molar-refractivity contribution in [3.63, 3.8) is 0 Å². The minimum Gasteiger partial charge on any atom is -0.592 e. The van der Waals surface area contributed by atoms with E-state index in [4.69, 9.17) is 4.52 Å². The summed E-state index contributed by atoms with van der Waals surface area (Å²) in [6.45, 7) is 1.83. The monoisotopic (exact) mass is 326 g/mol. The van der Waals surface area contributed by atoms with Crippen molar-refractivity contribution in [1.82, 2.24) is 5.16 Å². The minimum absolute atomic E-state index is 0.634. The van der Waals surface area contributed by atoms with Crippen molar-refractivity contribution in [1.29, 1.82) is 0 Å². The molecule has 0 bridgehead atoms. The summed E-state index contributed by atoms with van der Waals surface area (Å²) in [5, 5.41) is 3.92. The summed E-state index contributed by atoms with van der Waals surface area (Å²) in [6, 6.07) is 7.69. The second-order valence-corrected chi connectivity index (χ2v) is 5.65. The van der Waals surface area contributed by atoms with E-state index in [1.807, 2.05) is 31.2 Å². The van der Waals surface area contributed by atoms with E-state index < -0.39 is 11.4 Å². The molecule has 0 N–H and O–H groups in total. The van der Waals surface area contributed by atoms with Crippen LogP contribution in [0.5, 0.6) is 0 Å². The van der Waals surface area contributed by atoms with Gasteiger partial charge in [0, 0.05) is 10.0 Å². The molecule has 2 aromatic rings. The van der Waals surface area contributed by atoms with Gasteiger partial charge in [0.05, 0.1) is 28.8 Å². The minimum atomic E-state index is -1.23. The van der Waals surface area contributed by atoms with E-state index in [0.29, 0.717) is 5.76 Å². The zero-order valence-electron chi connectivity index (χ0n) is 9.88. The Morgan fingerprint density at radius 1 is 1.39 bits per heavy atom. The van der Waals surface area contributed by atoms with Gasteiger partial charge in [0.25, 0.3) is 0 Å². The molecular weight excluding hydrogens is 316 g/mol. The zero-order valence-corrected chi connectivity index (χ0v) is 12.3. The summed E-state index contributed by atoms with van der Waals surface area (Å²) >= 11 is 2.14. The maximum absolute atomic E-state index is 11.0. The van der Waals surface area contributed by atoms with Gasteiger partial charge in [0.2, 0.25) is 0 Å². The molecule has 1 aromatic heterocycles. The molecule has 0 saturated heterocycles. The Balaban J connectivity index is 2.42. The van der Waals surface area contributed by atoms with Crippen molar-refractivity contribution in [3.8, 4) is 11.3 Å². The fourth-order valence-electron chi connectivity index (χ4n) is 1.47. The average molecular weight is 327 g/mol. The van der Waals surface area contributed by atoms with Crippen LogP contribution in [0.15, 0.2) is 37.7 Å². The van der Waals surface area contributed by atoms with E-state index in [2.05, 4.69) is 25.5 Å². The lowest BCUT2D eigenvalue weighted by Crippen LogP contribution is -1.93. The molecule has 0 amide bonds. The summed E-state index contributed by atoms with van der Waals surface area (Å²) in [6.07, 6.45) is 3.05. The van der Waals surface area contributed by atoms with Gasteiger partial charge in [-0.05, 0) is 31.2 Å². The molecule has 0 saturated carbocycles. The molecule has 0 aliphatic rings. The van der Waals surface area contributed by atoms with E-state index in [0.717, 1.165) is 21.3 Å². The van der Waals surface area contributed by atoms with Crippen LogP contribution in [-0.2, 0) is 11.4 Å². The maximum atomic E-state index is 11.0. The van der Waals surface area contributed by atoms with Crippen molar-refractivity contribution in [2.24, 2.45) is 4.40 Å². The van der Waals surface area contributed by atoms with Crippen LogP contribution in [0.25, 0.3) is 11.3 Å². The molecule has 18 heavy (non-hydrogen) atoms. The number of halogens is 1. The molecule has 4 nitrogen and oxygen atoms in total. The molecule has 94 valence electrons. The first-order chi connectivity index (χ1) is 8.58. The molecule has 6 heteroatoms. The number of aromatic nitrogens is 1. The Labute approximate surface area is 117 Å². The Morgan fingerprint density at radius 2 is 2.06 bits per heavy atom. The molecule has 1 unspecified atom stereocenters. The predicted molar refractivity (Wildman–Crippen MR) is 76.0 cm³/mol. The van der Waals surface area contributed by atoms with E-state index >= 15 is 0 Å². The normalized spacial score (nSPS) is 13.1. The molecule has 1 heterocycles. The first kappa shape index (κ1) is 13.3. The van der Waals surface area contributed by atoms with Gasteiger partial charge in [-0.3, -0.25) is 0 Å². The third-order valence-corrected chi connectivity index (χ3v) is 3.28. The number of rotatable bonds is 3. The molecule has 0 radical (unpaired) electrons. The highest BCUT2D eigenvalue weighted by molar-refractivity contribution is 9.10. The third-order valence-electron chi connectivity index (χ3n) is 2.34. The summed E-state index contributed by atoms with van der Waals surface area (Å²) in [5.41, 5.74) is 2.39. The maximum Gasteiger partial charge on any atom is 0.176 e. The lowest BCUT2D eigenvalue weighted by atomic mass is 10.1. The standard InChI is InChI=1S/C12H11BrN2O2S/c1-8-11(7-14-18(2)16)12(17-15-8)9-3-5-10(13)6-4-9/h3-7H,1-2H3. The lowest BCUT2D eigenvalue weighted by molar-refractivity contribution is 0.427. The van der Waals surface area contributed by atoms with Crippen molar-refractivity contribution < 1.29 is 9.08 Å². The smallest absolute Gasteiger partial charge is 0.176 e. The number of benzene rings is 1. The van der Waals surface area contributed by atoms with Crippen LogP contribution in [0.2, 0.25) is 0 Å². The van der Waals surface area contributed by atoms with Crippen LogP contribution in [-0.4, -0.2) is 22.2 Å². The second kappa shape index (κ2) is 5.69. The van der Waals surface area contributed by atoms with Crippen molar-refractivity contribution >= 4 is 33.5 Å². The molecule has 0 aliphatic carbocycles. The van der Waals surface area contributed by atoms with Crippen LogP contribution >= 0.6 is 15.9 Å². The van der Waals surface area contributed by atoms with Gasteiger partial charge < -0.3 is 9.08 Å². The van der Waals surface area contributed by atoms with E-state index in [1.165, 1.54) is 6.26 Å². The fourth-order valence-corrected chi connectivity index (χ4v) is 1.98. The Kier molecular flexibility index (Phi) is 4.21. The van der Waals surface area contributed by atoms with Gasteiger partial charge in [-0.2, -0.15) is 0 Å². The highest BCUT2D eigenvalue weighted by Crippen LogP contribution is 2.26. The van der Waals surface area contributed by atoms with Crippen molar-refractivity contribution in [2.75, 3.05) is 6.26 Å². The Hall–Kier alpha value is -1.11. The molecule has 2 rings (SSSR count). The van der Waals surface area contributed by atoms with Gasteiger partial charge >= 0.3 is 0 Å². The average Bonchev–Trinajstić information content (AvgIpc) is 2.69. The van der Waals surface area contributed by atoms with Gasteiger partial charge in [-0.1, -0.05) is 25.5 Å². The summed E-state index contributed by atoms with van der Waals surface area (Å²) in [4.78, 5) is 0. The van der Waals surface area contributed by atoms with E-state index in [9.17, 15) is 4.55 Å². The first-order valence-electron chi connectivity index (χ1n) is 5.18. The van der Waals surface area contributed by atoms with Gasteiger partial charge in [0.1, 0.15) is 6.26 Å². The van der Waals surface area contributed by atoms with Crippen molar-refractivity contribution in [2.45, 2.75) is 6.92 Å². The molecule has 0 spiro atoms. The van der Waals surface area contributed by atoms with Crippen molar-refractivity contribution in [3.05, 3.63) is 40.0 Å². The molecular formula is C12H11BrN2O2S. The summed E-state index contributed by atoms with van der Waals surface area (Å²) in [7, 11) is 0. The quantitative estimate of drug-likeness (QED) is 0.643. The molecule has 0 aliphatic heterocycles. The number of aryl methyl sites for hydroxylation is 1. The second-order valence-electron chi connectivity index (χ2n) is 3.68. The van der Waals surface area contributed by atoms with Gasteiger partial charge in [-0.15, -0.1) is 0 Å². The number of hydrogen-bond acceptors (Lipinski definition) is 4. The van der Waals surface area contributed by atoms with Crippen LogP contribution < -0.4 is 0 Å². The lowest BCUT2D eigenvalue weighted by Gasteiger charge is -1.98. The van der Waals surface area contributed by atoms with Gasteiger partial charge in [-0.25, -0.2) is 0 Å². The summed E-state index contributed by atoms with van der Waals surface area (Å²) < 4.78 is 21.2. The Morgan fingerprint density at radius 3 is 2.67 bits per heavy atom. The molecule has 1 atom stereocenters. The molecule has 1 aromatic carbocycles. The highest BCUT2D eigenvalue weighted by atomic mass is 79.9. The van der Waals surface area contributed by atoms with Crippen LogP contribution in [0, 0.1) is 6.92 Å². The van der Waals surface area contributed by atoms with Crippen LogP contribution in [0.1, 0.15) is 11.3 Å². The first-order valence-corrected chi connectivity index (χ1v) is 7.48. The van der Waals surface area contributed by atoms with Crippen LogP contribution in [0.4, 0.5) is 0 Å². The zero-order chi connectivity index (χ0) is 13.1. The Bertz CT molecular complexity index is 564. The van der Waals surface area contributed by atoms with Crippen LogP contribution in [0.3, 0.4) is 0 Å². The highest BCUT2D eigenvalue weighted by Gasteiger charge is 2.13. The van der Waals surface area contributed by atoms with E-state index in [1.54, 1.807) is 6.21 Å². The third kappa shape index (κ3) is 3.01. The van der Waals surface area contributed by atoms with Gasteiger partial charge in [0.15, 0.2) is 5.76 Å². The molecule has 0 fully saturated rings. The predicted octanol–water partition coefficient (Wildman–Crippen LogP) is 3.12. The number of nitrogens with zero attached hydrogens (tertiary/aromatic N) is 2. The largest absolute Gasteiger partial charge is 0.592 e. The fraction of sp³-hybridized carbons (Fsp3) is 0.167. The van der Waals surface area contributed by atoms with E-state index in [-0.39, 0.29) is 0 Å². The SMILES string of the molecule is Cc1noc(-c2ccc(Br)cc2)c1C=N[S+](C)[O-].